The van der Waals surface area contributed by atoms with Crippen LogP contribution in [0.1, 0.15) is 21.9 Å². The van der Waals surface area contributed by atoms with Gasteiger partial charge in [0.1, 0.15) is 11.0 Å². The van der Waals surface area contributed by atoms with E-state index in [0.717, 1.165) is 33.6 Å². The molecule has 2 N–H and O–H groups in total. The van der Waals surface area contributed by atoms with Gasteiger partial charge in [0, 0.05) is 28.6 Å². The Morgan fingerprint density at radius 1 is 1.05 bits per heavy atom. The summed E-state index contributed by atoms with van der Waals surface area (Å²) < 4.78 is 5.67. The Hall–Kier alpha value is -4.75. The van der Waals surface area contributed by atoms with Crippen LogP contribution in [-0.2, 0) is 14.4 Å². The van der Waals surface area contributed by atoms with Crippen molar-refractivity contribution >= 4 is 57.9 Å². The van der Waals surface area contributed by atoms with Crippen molar-refractivity contribution in [1.29, 1.82) is 0 Å². The number of amides is 3. The van der Waals surface area contributed by atoms with Crippen molar-refractivity contribution in [3.63, 3.8) is 0 Å². The molecule has 0 aliphatic carbocycles. The number of thioether (sulfide) groups is 1. The van der Waals surface area contributed by atoms with E-state index in [9.17, 15) is 29.3 Å². The third-order valence-corrected chi connectivity index (χ3v) is 9.45. The number of rotatable bonds is 7. The summed E-state index contributed by atoms with van der Waals surface area (Å²) in [4.78, 5) is 66.7. The van der Waals surface area contributed by atoms with Crippen LogP contribution in [0.5, 0.6) is 5.75 Å². The first kappa shape index (κ1) is 27.4. The van der Waals surface area contributed by atoms with Gasteiger partial charge in [-0.1, -0.05) is 47.4 Å². The van der Waals surface area contributed by atoms with Crippen molar-refractivity contribution in [2.24, 2.45) is 5.92 Å². The fourth-order valence-corrected chi connectivity index (χ4v) is 7.71. The van der Waals surface area contributed by atoms with E-state index in [4.69, 9.17) is 4.74 Å². The van der Waals surface area contributed by atoms with Gasteiger partial charge >= 0.3 is 4.87 Å². The molecule has 2 aliphatic rings. The summed E-state index contributed by atoms with van der Waals surface area (Å²) in [5, 5.41) is 13.6. The predicted octanol–water partition coefficient (Wildman–Crippen LogP) is 4.47. The number of carbonyl (C=O) groups excluding carboxylic acids is 3. The van der Waals surface area contributed by atoms with Crippen LogP contribution in [0.3, 0.4) is 0 Å². The molecule has 0 spiro atoms. The quantitative estimate of drug-likeness (QED) is 0.179. The van der Waals surface area contributed by atoms with Crippen molar-refractivity contribution < 1.29 is 24.0 Å². The minimum atomic E-state index is -0.802. The van der Waals surface area contributed by atoms with Gasteiger partial charge < -0.3 is 15.0 Å². The molecule has 212 valence electrons. The van der Waals surface area contributed by atoms with Gasteiger partial charge in [-0.3, -0.25) is 29.3 Å². The Labute approximate surface area is 246 Å². The average Bonchev–Trinajstić information content (AvgIpc) is 3.46. The van der Waals surface area contributed by atoms with Crippen LogP contribution in [-0.4, -0.2) is 39.5 Å². The maximum atomic E-state index is 13.8. The number of hydrogen-bond donors (Lipinski definition) is 2. The van der Waals surface area contributed by atoms with E-state index in [-0.39, 0.29) is 28.8 Å². The van der Waals surface area contributed by atoms with Gasteiger partial charge in [-0.2, -0.15) is 0 Å². The highest BCUT2D eigenvalue weighted by atomic mass is 32.2. The van der Waals surface area contributed by atoms with Crippen LogP contribution in [0.4, 0.5) is 17.1 Å². The Morgan fingerprint density at radius 2 is 1.79 bits per heavy atom. The summed E-state index contributed by atoms with van der Waals surface area (Å²) in [5.74, 6) is -2.18. The standard InChI is InChI=1S/C29H22N4O7S2/c1-15-3-2-4-17(13-15)30-21(34)14-40-20-11-5-16(6-12-20)22-23-25(41-26-24(22)42-29(37)31-26)28(36)32(27(23)35)18-7-9-19(10-8-18)33(38)39/h2-13,22-23,25H,14H2,1H3,(H,30,34)(H,31,37)/t22-,23-,25+/m0/s1. The molecule has 3 atom stereocenters. The van der Waals surface area contributed by atoms with Gasteiger partial charge in [-0.25, -0.2) is 4.90 Å². The number of thiazole rings is 1. The van der Waals surface area contributed by atoms with Gasteiger partial charge in [-0.05, 0) is 54.4 Å². The lowest BCUT2D eigenvalue weighted by Crippen LogP contribution is -2.32. The molecule has 6 rings (SSSR count). The van der Waals surface area contributed by atoms with Crippen molar-refractivity contribution in [3.05, 3.63) is 109 Å². The number of aromatic nitrogens is 1. The monoisotopic (exact) mass is 602 g/mol. The van der Waals surface area contributed by atoms with Crippen LogP contribution in [0.15, 0.2) is 82.6 Å². The lowest BCUT2D eigenvalue weighted by atomic mass is 9.83. The number of ether oxygens (including phenoxy) is 1. The highest BCUT2D eigenvalue weighted by Gasteiger charge is 2.56. The number of aromatic amines is 1. The first-order valence-corrected chi connectivity index (χ1v) is 14.5. The summed E-state index contributed by atoms with van der Waals surface area (Å²) in [5.41, 5.74) is 2.47. The number of non-ortho nitro benzene ring substituents is 1. The molecule has 0 bridgehead atoms. The first-order valence-electron chi connectivity index (χ1n) is 12.8. The summed E-state index contributed by atoms with van der Waals surface area (Å²) in [6, 6.07) is 19.5. The molecule has 13 heteroatoms. The van der Waals surface area contributed by atoms with Gasteiger partial charge in [-0.15, -0.1) is 0 Å². The third kappa shape index (κ3) is 5.08. The summed E-state index contributed by atoms with van der Waals surface area (Å²) in [6.45, 7) is 1.72. The second kappa shape index (κ2) is 10.9. The number of anilines is 2. The molecule has 4 aromatic rings. The Morgan fingerprint density at radius 3 is 2.48 bits per heavy atom. The molecule has 3 aromatic carbocycles. The molecule has 3 amide bonds. The number of benzene rings is 3. The van der Waals surface area contributed by atoms with Crippen LogP contribution in [0.2, 0.25) is 0 Å². The molecule has 2 aliphatic heterocycles. The normalized spacial score (nSPS) is 19.3. The molecule has 0 unspecified atom stereocenters. The highest BCUT2D eigenvalue weighted by molar-refractivity contribution is 8.00. The predicted molar refractivity (Wildman–Crippen MR) is 157 cm³/mol. The average molecular weight is 603 g/mol. The van der Waals surface area contributed by atoms with Crippen molar-refractivity contribution in [2.75, 3.05) is 16.8 Å². The molecule has 1 fully saturated rings. The molecule has 0 saturated carbocycles. The SMILES string of the molecule is Cc1cccc(NC(=O)COc2ccc([C@@H]3c4sc(=O)[nH]c4S[C@H]4C(=O)N(c5ccc([N+](=O)[O-])cc5)C(=O)[C@@H]34)cc2)c1. The first-order chi connectivity index (χ1) is 20.2. The van der Waals surface area contributed by atoms with Crippen LogP contribution in [0, 0.1) is 23.0 Å². The van der Waals surface area contributed by atoms with Crippen LogP contribution in [0.25, 0.3) is 0 Å². The highest BCUT2D eigenvalue weighted by Crippen LogP contribution is 2.53. The lowest BCUT2D eigenvalue weighted by Gasteiger charge is -2.29. The minimum absolute atomic E-state index is 0.155. The fourth-order valence-electron chi connectivity index (χ4n) is 5.19. The minimum Gasteiger partial charge on any atom is -0.484 e. The molecule has 1 saturated heterocycles. The van der Waals surface area contributed by atoms with Crippen molar-refractivity contribution in [1.82, 2.24) is 4.98 Å². The number of H-pyrrole nitrogens is 1. The molecular formula is C29H22N4O7S2. The van der Waals surface area contributed by atoms with Crippen molar-refractivity contribution in [2.45, 2.75) is 23.1 Å². The third-order valence-electron chi connectivity index (χ3n) is 7.05. The summed E-state index contributed by atoms with van der Waals surface area (Å²) in [7, 11) is 0. The van der Waals surface area contributed by atoms with Crippen LogP contribution < -0.4 is 19.8 Å². The zero-order valence-corrected chi connectivity index (χ0v) is 23.6. The summed E-state index contributed by atoms with van der Waals surface area (Å²) >= 11 is 2.14. The summed E-state index contributed by atoms with van der Waals surface area (Å²) in [6.07, 6.45) is 0. The molecule has 42 heavy (non-hydrogen) atoms. The number of imide groups is 1. The van der Waals surface area contributed by atoms with E-state index in [0.29, 0.717) is 26.9 Å². The Bertz CT molecular complexity index is 1780. The maximum Gasteiger partial charge on any atom is 0.305 e. The number of aryl methyl sites for hydroxylation is 1. The van der Waals surface area contributed by atoms with Gasteiger partial charge in [0.2, 0.25) is 11.8 Å². The number of hydrogen-bond acceptors (Lipinski definition) is 9. The van der Waals surface area contributed by atoms with Gasteiger partial charge in [0.25, 0.3) is 11.6 Å². The molecule has 11 nitrogen and oxygen atoms in total. The molecular weight excluding hydrogens is 580 g/mol. The largest absolute Gasteiger partial charge is 0.484 e. The zero-order valence-electron chi connectivity index (χ0n) is 21.9. The Balaban J connectivity index is 1.24. The number of nitrogens with zero attached hydrogens (tertiary/aromatic N) is 2. The van der Waals surface area contributed by atoms with E-state index >= 15 is 0 Å². The second-order valence-electron chi connectivity index (χ2n) is 9.81. The second-order valence-corrected chi connectivity index (χ2v) is 12.0. The topological polar surface area (TPSA) is 152 Å². The van der Waals surface area contributed by atoms with E-state index in [2.05, 4.69) is 10.3 Å². The molecule has 3 heterocycles. The van der Waals surface area contributed by atoms with E-state index < -0.39 is 33.8 Å². The number of nitro groups is 1. The van der Waals surface area contributed by atoms with E-state index in [1.807, 2.05) is 25.1 Å². The zero-order chi connectivity index (χ0) is 29.5. The fraction of sp³-hybridized carbons (Fsp3) is 0.172. The Kier molecular flexibility index (Phi) is 7.12. The van der Waals surface area contributed by atoms with Gasteiger partial charge in [0.05, 0.1) is 21.6 Å². The van der Waals surface area contributed by atoms with E-state index in [1.54, 1.807) is 30.3 Å². The van der Waals surface area contributed by atoms with Crippen molar-refractivity contribution in [3.8, 4) is 5.75 Å². The number of carbonyl (C=O) groups is 3. The number of nitrogens with one attached hydrogen (secondary N) is 2. The van der Waals surface area contributed by atoms with Crippen LogP contribution >= 0.6 is 23.1 Å². The maximum absolute atomic E-state index is 13.8. The van der Waals surface area contributed by atoms with Gasteiger partial charge in [0.15, 0.2) is 6.61 Å². The molecule has 1 aromatic heterocycles. The molecule has 0 radical (unpaired) electrons. The number of fused-ring (bicyclic) bond motifs is 2. The smallest absolute Gasteiger partial charge is 0.305 e. The lowest BCUT2D eigenvalue weighted by molar-refractivity contribution is -0.384. The number of nitro benzene ring substituents is 1. The van der Waals surface area contributed by atoms with E-state index in [1.165, 1.54) is 24.3 Å².